The molecule has 1 N–H and O–H groups in total. The summed E-state index contributed by atoms with van der Waals surface area (Å²) >= 11 is 0. The molecular formula is C22H22FN3O3. The average Bonchev–Trinajstić information content (AvgIpc) is 3.01. The zero-order chi connectivity index (χ0) is 21.0. The predicted octanol–water partition coefficient (Wildman–Crippen LogP) is 3.66. The van der Waals surface area contributed by atoms with Crippen LogP contribution >= 0.6 is 0 Å². The molecule has 150 valence electrons. The molecule has 7 heteroatoms. The van der Waals surface area contributed by atoms with Gasteiger partial charge in [0.2, 0.25) is 0 Å². The van der Waals surface area contributed by atoms with E-state index in [9.17, 15) is 14.0 Å². The van der Waals surface area contributed by atoms with Crippen LogP contribution in [0.2, 0.25) is 0 Å². The maximum Gasteiger partial charge on any atom is 0.333 e. The normalized spacial score (nSPS) is 11.7. The van der Waals surface area contributed by atoms with Crippen molar-refractivity contribution in [2.24, 2.45) is 0 Å². The average molecular weight is 395 g/mol. The van der Waals surface area contributed by atoms with Crippen LogP contribution in [0.25, 0.3) is 5.69 Å². The highest BCUT2D eigenvalue weighted by Crippen LogP contribution is 2.26. The Morgan fingerprint density at radius 3 is 2.38 bits per heavy atom. The molecule has 1 heterocycles. The van der Waals surface area contributed by atoms with Crippen LogP contribution < -0.4 is 5.32 Å². The van der Waals surface area contributed by atoms with Crippen molar-refractivity contribution in [3.8, 4) is 5.69 Å². The molecule has 0 fully saturated rings. The summed E-state index contributed by atoms with van der Waals surface area (Å²) in [6, 6.07) is 13.5. The van der Waals surface area contributed by atoms with E-state index in [1.165, 1.54) is 12.1 Å². The number of nitrogens with one attached hydrogen (secondary N) is 1. The fraction of sp³-hybridized carbons (Fsp3) is 0.227. The first-order chi connectivity index (χ1) is 13.9. The number of aryl methyl sites for hydroxylation is 1. The molecule has 0 radical (unpaired) electrons. The Hall–Kier alpha value is -3.48. The van der Waals surface area contributed by atoms with Gasteiger partial charge >= 0.3 is 5.97 Å². The van der Waals surface area contributed by atoms with Crippen LogP contribution in [-0.2, 0) is 9.53 Å². The first-order valence-electron chi connectivity index (χ1n) is 9.27. The van der Waals surface area contributed by atoms with Crippen LogP contribution in [0.4, 0.5) is 4.39 Å². The van der Waals surface area contributed by atoms with Gasteiger partial charge in [-0.05, 0) is 57.2 Å². The standard InChI is InChI=1S/C22H22FN3O3/c1-4-29-22(28)20(24-21(27)16-8-6-5-7-9-16)19-14(2)25-26(15(19)3)18-12-10-17(23)11-13-18/h5-13,20H,4H2,1-3H3,(H,24,27). The fourth-order valence-electron chi connectivity index (χ4n) is 3.18. The number of nitrogens with zero attached hydrogens (tertiary/aromatic N) is 2. The third-order valence-electron chi connectivity index (χ3n) is 4.54. The lowest BCUT2D eigenvalue weighted by atomic mass is 10.0. The van der Waals surface area contributed by atoms with Crippen LogP contribution in [0.1, 0.15) is 40.3 Å². The van der Waals surface area contributed by atoms with E-state index < -0.39 is 17.9 Å². The molecular weight excluding hydrogens is 373 g/mol. The molecule has 0 aliphatic heterocycles. The van der Waals surface area contributed by atoms with E-state index in [0.29, 0.717) is 28.2 Å². The molecule has 1 unspecified atom stereocenters. The Labute approximate surface area is 168 Å². The zero-order valence-electron chi connectivity index (χ0n) is 16.5. The van der Waals surface area contributed by atoms with Crippen molar-refractivity contribution in [3.05, 3.63) is 82.9 Å². The molecule has 0 bridgehead atoms. The summed E-state index contributed by atoms with van der Waals surface area (Å²) in [5.41, 5.74) is 2.86. The minimum Gasteiger partial charge on any atom is -0.464 e. The highest BCUT2D eigenvalue weighted by molar-refractivity contribution is 5.97. The Morgan fingerprint density at radius 2 is 1.76 bits per heavy atom. The summed E-state index contributed by atoms with van der Waals surface area (Å²) in [5.74, 6) is -1.31. The predicted molar refractivity (Wildman–Crippen MR) is 106 cm³/mol. The van der Waals surface area contributed by atoms with Crippen LogP contribution in [0.15, 0.2) is 54.6 Å². The van der Waals surface area contributed by atoms with Crippen LogP contribution in [0.3, 0.4) is 0 Å². The Kier molecular flexibility index (Phi) is 6.07. The van der Waals surface area contributed by atoms with E-state index in [1.807, 2.05) is 0 Å². The van der Waals surface area contributed by atoms with Gasteiger partial charge in [0.25, 0.3) is 5.91 Å². The van der Waals surface area contributed by atoms with E-state index in [-0.39, 0.29) is 12.4 Å². The van der Waals surface area contributed by atoms with Gasteiger partial charge in [-0.3, -0.25) is 4.79 Å². The number of amides is 1. The highest BCUT2D eigenvalue weighted by atomic mass is 19.1. The quantitative estimate of drug-likeness (QED) is 0.647. The second-order valence-corrected chi connectivity index (χ2v) is 6.50. The molecule has 0 aliphatic rings. The largest absolute Gasteiger partial charge is 0.464 e. The summed E-state index contributed by atoms with van der Waals surface area (Å²) in [6.07, 6.45) is 0. The maximum absolute atomic E-state index is 13.3. The summed E-state index contributed by atoms with van der Waals surface area (Å²) < 4.78 is 20.1. The third kappa shape index (κ3) is 4.34. The van der Waals surface area contributed by atoms with Crippen molar-refractivity contribution < 1.29 is 18.7 Å². The molecule has 0 saturated heterocycles. The van der Waals surface area contributed by atoms with Crippen molar-refractivity contribution >= 4 is 11.9 Å². The molecule has 0 saturated carbocycles. The second kappa shape index (κ2) is 8.68. The van der Waals surface area contributed by atoms with Gasteiger partial charge in [0.15, 0.2) is 6.04 Å². The van der Waals surface area contributed by atoms with Crippen LogP contribution in [-0.4, -0.2) is 28.3 Å². The molecule has 1 atom stereocenters. The van der Waals surface area contributed by atoms with Gasteiger partial charge in [-0.15, -0.1) is 0 Å². The number of ether oxygens (including phenoxy) is 1. The van der Waals surface area contributed by atoms with Crippen molar-refractivity contribution in [2.75, 3.05) is 6.61 Å². The molecule has 0 aliphatic carbocycles. The molecule has 3 rings (SSSR count). The number of carbonyl (C=O) groups is 2. The second-order valence-electron chi connectivity index (χ2n) is 6.50. The van der Waals surface area contributed by atoms with Gasteiger partial charge in [-0.1, -0.05) is 18.2 Å². The van der Waals surface area contributed by atoms with Gasteiger partial charge in [-0.2, -0.15) is 5.10 Å². The Bertz CT molecular complexity index is 1010. The number of hydrogen-bond acceptors (Lipinski definition) is 4. The first kappa shape index (κ1) is 20.3. The topological polar surface area (TPSA) is 73.2 Å². The van der Waals surface area contributed by atoms with Gasteiger partial charge < -0.3 is 10.1 Å². The smallest absolute Gasteiger partial charge is 0.333 e. The van der Waals surface area contributed by atoms with E-state index in [2.05, 4.69) is 10.4 Å². The number of aromatic nitrogens is 2. The van der Waals surface area contributed by atoms with Crippen molar-refractivity contribution in [1.29, 1.82) is 0 Å². The van der Waals surface area contributed by atoms with Crippen molar-refractivity contribution in [2.45, 2.75) is 26.8 Å². The fourth-order valence-corrected chi connectivity index (χ4v) is 3.18. The molecule has 1 amide bonds. The highest BCUT2D eigenvalue weighted by Gasteiger charge is 2.30. The van der Waals surface area contributed by atoms with Crippen LogP contribution in [0.5, 0.6) is 0 Å². The molecule has 6 nitrogen and oxygen atoms in total. The molecule has 1 aromatic heterocycles. The zero-order valence-corrected chi connectivity index (χ0v) is 16.5. The summed E-state index contributed by atoms with van der Waals surface area (Å²) in [7, 11) is 0. The van der Waals surface area contributed by atoms with E-state index >= 15 is 0 Å². The number of benzene rings is 2. The number of carbonyl (C=O) groups excluding carboxylic acids is 2. The van der Waals surface area contributed by atoms with Gasteiger partial charge in [0.05, 0.1) is 18.0 Å². The summed E-state index contributed by atoms with van der Waals surface area (Å²) in [6.45, 7) is 5.43. The minimum atomic E-state index is -1.02. The Balaban J connectivity index is 2.00. The molecule has 0 spiro atoms. The lowest BCUT2D eigenvalue weighted by Crippen LogP contribution is -2.35. The molecule has 29 heavy (non-hydrogen) atoms. The minimum absolute atomic E-state index is 0.181. The lowest BCUT2D eigenvalue weighted by molar-refractivity contribution is -0.145. The van der Waals surface area contributed by atoms with E-state index in [0.717, 1.165) is 0 Å². The number of hydrogen-bond donors (Lipinski definition) is 1. The summed E-state index contributed by atoms with van der Waals surface area (Å²) in [5, 5.41) is 7.25. The molecule has 3 aromatic rings. The van der Waals surface area contributed by atoms with Crippen LogP contribution in [0, 0.1) is 19.7 Å². The Morgan fingerprint density at radius 1 is 1.10 bits per heavy atom. The van der Waals surface area contributed by atoms with E-state index in [4.69, 9.17) is 4.74 Å². The maximum atomic E-state index is 13.3. The van der Waals surface area contributed by atoms with E-state index in [1.54, 1.807) is 67.9 Å². The summed E-state index contributed by atoms with van der Waals surface area (Å²) in [4.78, 5) is 25.4. The lowest BCUT2D eigenvalue weighted by Gasteiger charge is -2.18. The van der Waals surface area contributed by atoms with Crippen molar-refractivity contribution in [3.63, 3.8) is 0 Å². The number of halogens is 1. The SMILES string of the molecule is CCOC(=O)C(NC(=O)c1ccccc1)c1c(C)nn(-c2ccc(F)cc2)c1C. The first-order valence-corrected chi connectivity index (χ1v) is 9.27. The van der Waals surface area contributed by atoms with Gasteiger partial charge in [0.1, 0.15) is 5.82 Å². The monoisotopic (exact) mass is 395 g/mol. The van der Waals surface area contributed by atoms with Gasteiger partial charge in [0, 0.05) is 16.8 Å². The number of rotatable bonds is 6. The van der Waals surface area contributed by atoms with Crippen molar-refractivity contribution in [1.82, 2.24) is 15.1 Å². The molecule has 2 aromatic carbocycles. The third-order valence-corrected chi connectivity index (χ3v) is 4.54. The number of esters is 1. The van der Waals surface area contributed by atoms with Gasteiger partial charge in [-0.25, -0.2) is 13.9 Å².